The van der Waals surface area contributed by atoms with Crippen LogP contribution in [0.3, 0.4) is 0 Å². The lowest BCUT2D eigenvalue weighted by Gasteiger charge is -2.11. The third-order valence-corrected chi connectivity index (χ3v) is 3.90. The molecule has 0 saturated carbocycles. The lowest BCUT2D eigenvalue weighted by molar-refractivity contribution is -0.125. The zero-order chi connectivity index (χ0) is 15.9. The topological polar surface area (TPSA) is 68.0 Å². The predicted molar refractivity (Wildman–Crippen MR) is 85.5 cm³/mol. The lowest BCUT2D eigenvalue weighted by atomic mass is 10.0. The zero-order valence-corrected chi connectivity index (χ0v) is 13.6. The van der Waals surface area contributed by atoms with E-state index < -0.39 is 0 Å². The quantitative estimate of drug-likeness (QED) is 0.847. The monoisotopic (exact) mass is 321 g/mol. The maximum atomic E-state index is 11.9. The maximum absolute atomic E-state index is 11.9. The van der Waals surface area contributed by atoms with E-state index in [0.29, 0.717) is 35.3 Å². The number of nitrogens with one attached hydrogen (secondary N) is 1. The third kappa shape index (κ3) is 4.07. The summed E-state index contributed by atoms with van der Waals surface area (Å²) in [6.45, 7) is 4.52. The van der Waals surface area contributed by atoms with Gasteiger partial charge in [0.1, 0.15) is 0 Å². The molecule has 22 heavy (non-hydrogen) atoms. The van der Waals surface area contributed by atoms with Gasteiger partial charge in [-0.05, 0) is 25.0 Å². The van der Waals surface area contributed by atoms with Crippen LogP contribution in [0.25, 0.3) is 11.5 Å². The molecule has 0 saturated heterocycles. The van der Waals surface area contributed by atoms with Crippen LogP contribution in [0, 0.1) is 5.92 Å². The summed E-state index contributed by atoms with van der Waals surface area (Å²) in [4.78, 5) is 11.9. The summed E-state index contributed by atoms with van der Waals surface area (Å²) >= 11 is 6.10. The molecule has 0 aliphatic heterocycles. The number of benzene rings is 1. The second-order valence-electron chi connectivity index (χ2n) is 5.04. The summed E-state index contributed by atoms with van der Waals surface area (Å²) in [6, 6.07) is 7.31. The first-order valence-electron chi connectivity index (χ1n) is 7.50. The first kappa shape index (κ1) is 16.5. The van der Waals surface area contributed by atoms with Crippen LogP contribution in [-0.4, -0.2) is 22.6 Å². The van der Waals surface area contributed by atoms with E-state index >= 15 is 0 Å². The van der Waals surface area contributed by atoms with Crippen LogP contribution in [0.2, 0.25) is 5.02 Å². The SMILES string of the molecule is CCC(CC)C(=O)NCCc1nnc(-c2ccccc2Cl)o1. The molecule has 1 aromatic heterocycles. The van der Waals surface area contributed by atoms with Crippen molar-refractivity contribution in [3.63, 3.8) is 0 Å². The third-order valence-electron chi connectivity index (χ3n) is 3.57. The Morgan fingerprint density at radius 3 is 2.68 bits per heavy atom. The van der Waals surface area contributed by atoms with E-state index in [2.05, 4.69) is 15.5 Å². The van der Waals surface area contributed by atoms with Crippen molar-refractivity contribution in [3.05, 3.63) is 35.2 Å². The second-order valence-corrected chi connectivity index (χ2v) is 5.44. The van der Waals surface area contributed by atoms with Gasteiger partial charge < -0.3 is 9.73 Å². The molecule has 0 unspecified atom stereocenters. The summed E-state index contributed by atoms with van der Waals surface area (Å²) in [5.74, 6) is 1.03. The second kappa shape index (κ2) is 7.94. The number of rotatable bonds is 7. The van der Waals surface area contributed by atoms with Gasteiger partial charge in [-0.2, -0.15) is 0 Å². The molecule has 0 fully saturated rings. The van der Waals surface area contributed by atoms with Crippen LogP contribution in [-0.2, 0) is 11.2 Å². The van der Waals surface area contributed by atoms with Gasteiger partial charge in [-0.15, -0.1) is 10.2 Å². The van der Waals surface area contributed by atoms with Gasteiger partial charge in [-0.25, -0.2) is 0 Å². The molecular weight excluding hydrogens is 302 g/mol. The van der Waals surface area contributed by atoms with Gasteiger partial charge in [-0.1, -0.05) is 37.6 Å². The van der Waals surface area contributed by atoms with Gasteiger partial charge in [0, 0.05) is 18.9 Å². The van der Waals surface area contributed by atoms with Gasteiger partial charge >= 0.3 is 0 Å². The van der Waals surface area contributed by atoms with Crippen molar-refractivity contribution >= 4 is 17.5 Å². The van der Waals surface area contributed by atoms with Crippen molar-refractivity contribution in [2.24, 2.45) is 5.92 Å². The Morgan fingerprint density at radius 1 is 1.27 bits per heavy atom. The highest BCUT2D eigenvalue weighted by Crippen LogP contribution is 2.26. The number of carbonyl (C=O) groups is 1. The highest BCUT2D eigenvalue weighted by atomic mass is 35.5. The fourth-order valence-electron chi connectivity index (χ4n) is 2.19. The summed E-state index contributed by atoms with van der Waals surface area (Å²) in [5, 5.41) is 11.5. The smallest absolute Gasteiger partial charge is 0.249 e. The van der Waals surface area contributed by atoms with Gasteiger partial charge in [-0.3, -0.25) is 4.79 Å². The van der Waals surface area contributed by atoms with Crippen LogP contribution in [0.1, 0.15) is 32.6 Å². The van der Waals surface area contributed by atoms with E-state index in [9.17, 15) is 4.79 Å². The largest absolute Gasteiger partial charge is 0.421 e. The average Bonchev–Trinajstić information content (AvgIpc) is 2.97. The molecule has 1 heterocycles. The molecule has 2 rings (SSSR count). The molecule has 0 aliphatic carbocycles. The van der Waals surface area contributed by atoms with Crippen molar-refractivity contribution in [3.8, 4) is 11.5 Å². The molecular formula is C16H20ClN3O2. The zero-order valence-electron chi connectivity index (χ0n) is 12.8. The highest BCUT2D eigenvalue weighted by Gasteiger charge is 2.14. The number of aromatic nitrogens is 2. The van der Waals surface area contributed by atoms with Gasteiger partial charge in [0.2, 0.25) is 17.7 Å². The predicted octanol–water partition coefficient (Wildman–Crippen LogP) is 3.48. The summed E-state index contributed by atoms with van der Waals surface area (Å²) < 4.78 is 5.59. The maximum Gasteiger partial charge on any atom is 0.249 e. The van der Waals surface area contributed by atoms with Crippen molar-refractivity contribution in [2.45, 2.75) is 33.1 Å². The van der Waals surface area contributed by atoms with Crippen LogP contribution < -0.4 is 5.32 Å². The normalized spacial score (nSPS) is 10.9. The highest BCUT2D eigenvalue weighted by molar-refractivity contribution is 6.33. The Balaban J connectivity index is 1.91. The molecule has 2 aromatic rings. The number of hydrogen-bond acceptors (Lipinski definition) is 4. The van der Waals surface area contributed by atoms with E-state index in [0.717, 1.165) is 12.8 Å². The van der Waals surface area contributed by atoms with E-state index in [1.807, 2.05) is 32.0 Å². The minimum Gasteiger partial charge on any atom is -0.421 e. The Labute approximate surface area is 135 Å². The van der Waals surface area contributed by atoms with Crippen LogP contribution in [0.15, 0.2) is 28.7 Å². The lowest BCUT2D eigenvalue weighted by Crippen LogP contribution is -2.31. The van der Waals surface area contributed by atoms with Gasteiger partial charge in [0.05, 0.1) is 10.6 Å². The first-order valence-corrected chi connectivity index (χ1v) is 7.88. The number of carbonyl (C=O) groups excluding carboxylic acids is 1. The average molecular weight is 322 g/mol. The molecule has 0 bridgehead atoms. The van der Waals surface area contributed by atoms with Gasteiger partial charge in [0.15, 0.2) is 0 Å². The van der Waals surface area contributed by atoms with Gasteiger partial charge in [0.25, 0.3) is 0 Å². The van der Waals surface area contributed by atoms with E-state index in [4.69, 9.17) is 16.0 Å². The molecule has 118 valence electrons. The standard InChI is InChI=1S/C16H20ClN3O2/c1-3-11(4-2)15(21)18-10-9-14-19-20-16(22-14)12-7-5-6-8-13(12)17/h5-8,11H,3-4,9-10H2,1-2H3,(H,18,21). The van der Waals surface area contributed by atoms with E-state index in [1.54, 1.807) is 6.07 Å². The fraction of sp³-hybridized carbons (Fsp3) is 0.438. The number of nitrogens with zero attached hydrogens (tertiary/aromatic N) is 2. The van der Waals surface area contributed by atoms with Crippen LogP contribution >= 0.6 is 11.6 Å². The summed E-state index contributed by atoms with van der Waals surface area (Å²) in [6.07, 6.45) is 2.20. The molecule has 0 aliphatic rings. The Bertz CT molecular complexity index is 623. The Kier molecular flexibility index (Phi) is 5.95. The molecule has 1 N–H and O–H groups in total. The minimum absolute atomic E-state index is 0.0707. The number of amides is 1. The molecule has 1 aromatic carbocycles. The van der Waals surface area contributed by atoms with Crippen molar-refractivity contribution < 1.29 is 9.21 Å². The molecule has 0 spiro atoms. The summed E-state index contributed by atoms with van der Waals surface area (Å²) in [5.41, 5.74) is 0.712. The Hall–Kier alpha value is -1.88. The van der Waals surface area contributed by atoms with Crippen molar-refractivity contribution in [1.29, 1.82) is 0 Å². The summed E-state index contributed by atoms with van der Waals surface area (Å²) in [7, 11) is 0. The van der Waals surface area contributed by atoms with Crippen molar-refractivity contribution in [1.82, 2.24) is 15.5 Å². The molecule has 1 amide bonds. The Morgan fingerprint density at radius 2 is 2.00 bits per heavy atom. The first-order chi connectivity index (χ1) is 10.7. The molecule has 6 heteroatoms. The molecule has 5 nitrogen and oxygen atoms in total. The van der Waals surface area contributed by atoms with E-state index in [1.165, 1.54) is 0 Å². The number of hydrogen-bond donors (Lipinski definition) is 1. The molecule has 0 atom stereocenters. The fourth-order valence-corrected chi connectivity index (χ4v) is 2.41. The molecule has 0 radical (unpaired) electrons. The van der Waals surface area contributed by atoms with Crippen LogP contribution in [0.4, 0.5) is 0 Å². The van der Waals surface area contributed by atoms with E-state index in [-0.39, 0.29) is 11.8 Å². The van der Waals surface area contributed by atoms with Crippen molar-refractivity contribution in [2.75, 3.05) is 6.54 Å². The van der Waals surface area contributed by atoms with Crippen LogP contribution in [0.5, 0.6) is 0 Å². The minimum atomic E-state index is 0.0707. The number of halogens is 1.